The summed E-state index contributed by atoms with van der Waals surface area (Å²) in [5.74, 6) is 1.16. The second kappa shape index (κ2) is 8.15. The minimum Gasteiger partial charge on any atom is -0.505 e. The van der Waals surface area contributed by atoms with Gasteiger partial charge < -0.3 is 19.5 Å². The lowest BCUT2D eigenvalue weighted by Gasteiger charge is -2.10. The summed E-state index contributed by atoms with van der Waals surface area (Å²) >= 11 is 0. The van der Waals surface area contributed by atoms with Crippen molar-refractivity contribution in [2.75, 3.05) is 14.2 Å². The number of nitrogens with one attached hydrogen (secondary N) is 1. The number of allylic oxidation sites excluding steroid dienone is 1. The first-order valence-corrected chi connectivity index (χ1v) is 7.07. The highest BCUT2D eigenvalue weighted by atomic mass is 19.2. The number of halogens is 2. The molecule has 0 unspecified atom stereocenters. The maximum absolute atomic E-state index is 12.7. The first kappa shape index (κ1) is 17.5. The van der Waals surface area contributed by atoms with Crippen LogP contribution in [0.4, 0.5) is 8.63 Å². The molecule has 2 rings (SSSR count). The Hall–Kier alpha value is -2.83. The summed E-state index contributed by atoms with van der Waals surface area (Å²) in [5, 5.41) is 8.09. The third kappa shape index (κ3) is 4.58. The summed E-state index contributed by atoms with van der Waals surface area (Å²) in [6, 6.07) is 13.2. The third-order valence-electron chi connectivity index (χ3n) is 3.27. The molecule has 0 saturated heterocycles. The Balaban J connectivity index is 2.30. The fourth-order valence-electron chi connectivity index (χ4n) is 2.02. The second-order valence-electron chi connectivity index (χ2n) is 4.76. The highest BCUT2D eigenvalue weighted by Crippen LogP contribution is 2.22. The minimum atomic E-state index is -2.98. The van der Waals surface area contributed by atoms with Gasteiger partial charge in [-0.1, -0.05) is 0 Å². The summed E-state index contributed by atoms with van der Waals surface area (Å²) < 4.78 is 40.0. The molecule has 2 aromatic carbocycles. The molecule has 4 nitrogen and oxygen atoms in total. The molecule has 2 aromatic rings. The van der Waals surface area contributed by atoms with Crippen molar-refractivity contribution >= 4 is 18.9 Å². The number of hydrogen-bond donors (Lipinski definition) is 1. The molecule has 0 aliphatic heterocycles. The van der Waals surface area contributed by atoms with Crippen molar-refractivity contribution in [2.45, 2.75) is 0 Å². The van der Waals surface area contributed by atoms with Crippen molar-refractivity contribution in [1.82, 2.24) is 0 Å². The van der Waals surface area contributed by atoms with Gasteiger partial charge in [-0.05, 0) is 54.1 Å². The largest absolute Gasteiger partial charge is 0.796 e. The minimum absolute atomic E-state index is 0.0455. The molecular formula is C17H16BF2NO3. The van der Waals surface area contributed by atoms with Crippen molar-refractivity contribution in [3.8, 4) is 11.5 Å². The van der Waals surface area contributed by atoms with Crippen molar-refractivity contribution in [3.63, 3.8) is 0 Å². The predicted octanol–water partition coefficient (Wildman–Crippen LogP) is 4.05. The number of benzene rings is 2. The van der Waals surface area contributed by atoms with Crippen LogP contribution in [-0.2, 0) is 4.65 Å². The summed E-state index contributed by atoms with van der Waals surface area (Å²) in [6.07, 6.45) is 1.26. The van der Waals surface area contributed by atoms with Crippen molar-refractivity contribution in [2.24, 2.45) is 0 Å². The Bertz CT molecular complexity index is 716. The molecule has 0 amide bonds. The van der Waals surface area contributed by atoms with Crippen LogP contribution in [0.5, 0.6) is 11.5 Å². The molecular weight excluding hydrogens is 315 g/mol. The van der Waals surface area contributed by atoms with Gasteiger partial charge in [-0.25, -0.2) is 8.63 Å². The van der Waals surface area contributed by atoms with E-state index < -0.39 is 7.47 Å². The summed E-state index contributed by atoms with van der Waals surface area (Å²) in [6.45, 7) is 0. The maximum Gasteiger partial charge on any atom is 0.796 e. The number of rotatable bonds is 7. The quantitative estimate of drug-likeness (QED) is 0.473. The SMILES string of the molecule is COc1ccc(C(=N)/C=C(\OB(F)F)c2ccc(OC)cc2)cc1. The molecule has 0 aliphatic rings. The van der Waals surface area contributed by atoms with Crippen molar-refractivity contribution in [3.05, 3.63) is 65.7 Å². The van der Waals surface area contributed by atoms with Gasteiger partial charge in [-0.3, -0.25) is 0 Å². The zero-order chi connectivity index (χ0) is 17.5. The lowest BCUT2D eigenvalue weighted by molar-refractivity contribution is 0.396. The average molecular weight is 331 g/mol. The lowest BCUT2D eigenvalue weighted by atomic mass is 10.1. The van der Waals surface area contributed by atoms with Crippen molar-refractivity contribution in [1.29, 1.82) is 5.41 Å². The monoisotopic (exact) mass is 331 g/mol. The van der Waals surface area contributed by atoms with E-state index in [4.69, 9.17) is 14.9 Å². The van der Waals surface area contributed by atoms with Gasteiger partial charge in [0.15, 0.2) is 0 Å². The summed E-state index contributed by atoms with van der Waals surface area (Å²) in [5.41, 5.74) is 1.03. The molecule has 0 aromatic heterocycles. The second-order valence-corrected chi connectivity index (χ2v) is 4.76. The van der Waals surface area contributed by atoms with E-state index in [1.165, 1.54) is 13.2 Å². The standard InChI is InChI=1S/C17H16BF2NO3/c1-22-14-7-3-12(4-8-14)16(21)11-17(24-18(19)20)13-5-9-15(23-2)10-6-13/h3-11,21H,1-2H3/b17-11-,21-16?. The first-order chi connectivity index (χ1) is 11.5. The Morgan fingerprint density at radius 3 is 1.75 bits per heavy atom. The van der Waals surface area contributed by atoms with Crippen LogP contribution in [0.1, 0.15) is 11.1 Å². The number of ether oxygens (including phenoxy) is 2. The van der Waals surface area contributed by atoms with Crippen molar-refractivity contribution < 1.29 is 22.8 Å². The van der Waals surface area contributed by atoms with Crippen LogP contribution in [0.2, 0.25) is 0 Å². The van der Waals surface area contributed by atoms with E-state index in [-0.39, 0.29) is 11.5 Å². The molecule has 0 bridgehead atoms. The molecule has 7 heteroatoms. The van der Waals surface area contributed by atoms with Crippen LogP contribution in [-0.4, -0.2) is 27.4 Å². The molecule has 0 saturated carbocycles. The number of methoxy groups -OCH3 is 2. The zero-order valence-corrected chi connectivity index (χ0v) is 13.3. The van der Waals surface area contributed by atoms with Crippen LogP contribution in [0.25, 0.3) is 5.76 Å². The van der Waals surface area contributed by atoms with Gasteiger partial charge >= 0.3 is 7.47 Å². The molecule has 0 heterocycles. The van der Waals surface area contributed by atoms with E-state index >= 15 is 0 Å². The lowest BCUT2D eigenvalue weighted by Crippen LogP contribution is -2.06. The van der Waals surface area contributed by atoms with Crippen LogP contribution in [0.15, 0.2) is 54.6 Å². The topological polar surface area (TPSA) is 51.5 Å². The molecule has 0 atom stereocenters. The van der Waals surface area contributed by atoms with Crippen LogP contribution < -0.4 is 9.47 Å². The molecule has 0 fully saturated rings. The Morgan fingerprint density at radius 1 is 0.875 bits per heavy atom. The van der Waals surface area contributed by atoms with E-state index in [9.17, 15) is 8.63 Å². The van der Waals surface area contributed by atoms with Gasteiger partial charge in [-0.2, -0.15) is 0 Å². The van der Waals surface area contributed by atoms with Gasteiger partial charge in [0, 0.05) is 11.6 Å². The van der Waals surface area contributed by atoms with Gasteiger partial charge in [0.25, 0.3) is 0 Å². The molecule has 124 valence electrons. The first-order valence-electron chi connectivity index (χ1n) is 7.07. The van der Waals surface area contributed by atoms with E-state index in [0.29, 0.717) is 22.6 Å². The fourth-order valence-corrected chi connectivity index (χ4v) is 2.02. The van der Waals surface area contributed by atoms with Crippen LogP contribution in [0, 0.1) is 5.41 Å². The van der Waals surface area contributed by atoms with E-state index in [1.807, 2.05) is 0 Å². The molecule has 24 heavy (non-hydrogen) atoms. The Kier molecular flexibility index (Phi) is 5.95. The smallest absolute Gasteiger partial charge is 0.505 e. The summed E-state index contributed by atoms with van der Waals surface area (Å²) in [4.78, 5) is 0. The Morgan fingerprint density at radius 2 is 1.33 bits per heavy atom. The molecule has 1 N–H and O–H groups in total. The highest BCUT2D eigenvalue weighted by Gasteiger charge is 2.20. The summed E-state index contributed by atoms with van der Waals surface area (Å²) in [7, 11) is 0.0706. The van der Waals surface area contributed by atoms with Gasteiger partial charge in [0.05, 0.1) is 19.9 Å². The highest BCUT2D eigenvalue weighted by molar-refractivity contribution is 6.36. The Labute approximate surface area is 139 Å². The van der Waals surface area contributed by atoms with Gasteiger partial charge in [0.2, 0.25) is 0 Å². The van der Waals surface area contributed by atoms with Gasteiger partial charge in [-0.15, -0.1) is 0 Å². The average Bonchev–Trinajstić information content (AvgIpc) is 2.61. The van der Waals surface area contributed by atoms with Crippen LogP contribution >= 0.6 is 0 Å². The normalized spacial score (nSPS) is 10.9. The molecule has 0 radical (unpaired) electrons. The molecule has 0 spiro atoms. The molecule has 0 aliphatic carbocycles. The predicted molar refractivity (Wildman–Crippen MR) is 89.8 cm³/mol. The van der Waals surface area contributed by atoms with Gasteiger partial charge in [0.1, 0.15) is 17.3 Å². The maximum atomic E-state index is 12.7. The fraction of sp³-hybridized carbons (Fsp3) is 0.118. The number of hydrogen-bond acceptors (Lipinski definition) is 4. The van der Waals surface area contributed by atoms with Crippen LogP contribution in [0.3, 0.4) is 0 Å². The third-order valence-corrected chi connectivity index (χ3v) is 3.27. The van der Waals surface area contributed by atoms with E-state index in [2.05, 4.69) is 4.65 Å². The van der Waals surface area contributed by atoms with E-state index in [1.54, 1.807) is 55.6 Å². The van der Waals surface area contributed by atoms with E-state index in [0.717, 1.165) is 0 Å². The zero-order valence-electron chi connectivity index (χ0n) is 13.3.